The maximum atomic E-state index is 6.36. The van der Waals surface area contributed by atoms with Gasteiger partial charge in [-0.15, -0.1) is 0 Å². The molecule has 0 spiro atoms. The topological polar surface area (TPSA) is 29.3 Å². The zero-order chi connectivity index (χ0) is 25.2. The van der Waals surface area contributed by atoms with Gasteiger partial charge in [-0.25, -0.2) is 5.84 Å². The van der Waals surface area contributed by atoms with E-state index in [1.165, 1.54) is 79.2 Å². The van der Waals surface area contributed by atoms with E-state index in [9.17, 15) is 0 Å². The van der Waals surface area contributed by atoms with Gasteiger partial charge in [0.15, 0.2) is 0 Å². The number of hydrogen-bond donors (Lipinski definition) is 1. The fraction of sp³-hybridized carbons (Fsp3) is 0.613. The summed E-state index contributed by atoms with van der Waals surface area (Å²) >= 11 is 0. The molecule has 33 heavy (non-hydrogen) atoms. The average molecular weight is 455 g/mol. The van der Waals surface area contributed by atoms with Crippen molar-refractivity contribution >= 4 is 5.69 Å². The molecule has 0 aromatic heterocycles. The average Bonchev–Trinajstić information content (AvgIpc) is 2.83. The number of anilines is 1. The monoisotopic (exact) mass is 454 g/mol. The van der Waals surface area contributed by atoms with Crippen LogP contribution >= 0.6 is 0 Å². The lowest BCUT2D eigenvalue weighted by Crippen LogP contribution is -2.31. The SMILES string of the molecule is CC.CC.CCCCCCCCCCN(N)c1ccc(-c2ccc(C)cc2C(C)C)c(C)c1. The molecule has 0 amide bonds. The quantitative estimate of drug-likeness (QED) is 0.196. The summed E-state index contributed by atoms with van der Waals surface area (Å²) in [4.78, 5) is 0. The molecule has 0 radical (unpaired) electrons. The molecular formula is C31H54N2. The number of rotatable bonds is 12. The third-order valence-electron chi connectivity index (χ3n) is 5.91. The molecule has 2 aromatic rings. The fourth-order valence-electron chi connectivity index (χ4n) is 4.08. The maximum Gasteiger partial charge on any atom is 0.0520 e. The van der Waals surface area contributed by atoms with E-state index in [0.29, 0.717) is 5.92 Å². The Bertz CT molecular complexity index is 749. The van der Waals surface area contributed by atoms with Crippen LogP contribution in [0.5, 0.6) is 0 Å². The van der Waals surface area contributed by atoms with E-state index >= 15 is 0 Å². The largest absolute Gasteiger partial charge is 0.311 e. The number of hydrazine groups is 1. The minimum absolute atomic E-state index is 0.511. The van der Waals surface area contributed by atoms with Gasteiger partial charge < -0.3 is 5.01 Å². The number of hydrogen-bond acceptors (Lipinski definition) is 2. The lowest BCUT2D eigenvalue weighted by Gasteiger charge is -2.21. The first-order valence-corrected chi connectivity index (χ1v) is 13.7. The van der Waals surface area contributed by atoms with Crippen LogP contribution in [0.4, 0.5) is 5.69 Å². The Morgan fingerprint density at radius 2 is 1.27 bits per heavy atom. The highest BCUT2D eigenvalue weighted by atomic mass is 15.4. The number of aryl methyl sites for hydroxylation is 2. The first-order chi connectivity index (χ1) is 15.9. The van der Waals surface area contributed by atoms with E-state index in [-0.39, 0.29) is 0 Å². The molecule has 0 heterocycles. The zero-order valence-electron chi connectivity index (χ0n) is 23.4. The minimum atomic E-state index is 0.511. The maximum absolute atomic E-state index is 6.36. The Morgan fingerprint density at radius 1 is 0.727 bits per heavy atom. The molecule has 0 aliphatic heterocycles. The van der Waals surface area contributed by atoms with Crippen molar-refractivity contribution in [1.29, 1.82) is 0 Å². The summed E-state index contributed by atoms with van der Waals surface area (Å²) in [7, 11) is 0. The van der Waals surface area contributed by atoms with Gasteiger partial charge in [-0.05, 0) is 60.6 Å². The Balaban J connectivity index is 0.00000242. The highest BCUT2D eigenvalue weighted by Crippen LogP contribution is 2.33. The second-order valence-electron chi connectivity index (χ2n) is 8.91. The summed E-state index contributed by atoms with van der Waals surface area (Å²) in [6, 6.07) is 13.5. The predicted molar refractivity (Wildman–Crippen MR) is 152 cm³/mol. The van der Waals surface area contributed by atoms with Crippen LogP contribution in [0.25, 0.3) is 11.1 Å². The van der Waals surface area contributed by atoms with Crippen molar-refractivity contribution < 1.29 is 0 Å². The van der Waals surface area contributed by atoms with E-state index < -0.39 is 0 Å². The molecule has 2 nitrogen and oxygen atoms in total. The molecule has 2 rings (SSSR count). The van der Waals surface area contributed by atoms with Gasteiger partial charge in [0.1, 0.15) is 0 Å². The molecule has 0 aliphatic carbocycles. The number of unbranched alkanes of at least 4 members (excludes halogenated alkanes) is 7. The van der Waals surface area contributed by atoms with Crippen molar-refractivity contribution in [3.63, 3.8) is 0 Å². The third-order valence-corrected chi connectivity index (χ3v) is 5.91. The van der Waals surface area contributed by atoms with Crippen molar-refractivity contribution in [2.75, 3.05) is 11.6 Å². The van der Waals surface area contributed by atoms with Gasteiger partial charge in [0.05, 0.1) is 5.69 Å². The number of nitrogens with zero attached hydrogens (tertiary/aromatic N) is 1. The standard InChI is InChI=1S/C27H42N2.2C2H6/c1-6-7-8-9-10-11-12-13-18-29(28)24-15-17-25(23(5)20-24)26-16-14-22(4)19-27(26)21(2)3;2*1-2/h14-17,19-21H,6-13,18,28H2,1-5H3;2*1-2H3. The van der Waals surface area contributed by atoms with Gasteiger partial charge in [0.25, 0.3) is 0 Å². The molecule has 0 bridgehead atoms. The van der Waals surface area contributed by atoms with Crippen LogP contribution in [0.15, 0.2) is 36.4 Å². The summed E-state index contributed by atoms with van der Waals surface area (Å²) < 4.78 is 0. The van der Waals surface area contributed by atoms with E-state index in [0.717, 1.165) is 12.2 Å². The molecule has 0 atom stereocenters. The smallest absolute Gasteiger partial charge is 0.0520 e. The summed E-state index contributed by atoms with van der Waals surface area (Å²) in [5, 5.41) is 1.92. The van der Waals surface area contributed by atoms with Gasteiger partial charge >= 0.3 is 0 Å². The van der Waals surface area contributed by atoms with Crippen molar-refractivity contribution in [1.82, 2.24) is 0 Å². The summed E-state index contributed by atoms with van der Waals surface area (Å²) in [6.45, 7) is 20.1. The van der Waals surface area contributed by atoms with Crippen LogP contribution in [0.1, 0.15) is 122 Å². The molecule has 188 valence electrons. The molecule has 0 saturated heterocycles. The Kier molecular flexibility index (Phi) is 17.6. The van der Waals surface area contributed by atoms with Crippen LogP contribution in [-0.2, 0) is 0 Å². The zero-order valence-corrected chi connectivity index (χ0v) is 23.4. The second-order valence-corrected chi connectivity index (χ2v) is 8.91. The van der Waals surface area contributed by atoms with Crippen LogP contribution in [0.2, 0.25) is 0 Å². The molecule has 0 saturated carbocycles. The van der Waals surface area contributed by atoms with Crippen LogP contribution in [0.3, 0.4) is 0 Å². The Hall–Kier alpha value is -1.80. The summed E-state index contributed by atoms with van der Waals surface area (Å²) in [5.74, 6) is 6.88. The normalized spacial score (nSPS) is 10.3. The molecule has 0 unspecified atom stereocenters. The molecular weight excluding hydrogens is 400 g/mol. The molecule has 0 aliphatic rings. The number of benzene rings is 2. The Labute approximate surface area is 207 Å². The minimum Gasteiger partial charge on any atom is -0.311 e. The van der Waals surface area contributed by atoms with Gasteiger partial charge in [0.2, 0.25) is 0 Å². The van der Waals surface area contributed by atoms with Crippen molar-refractivity contribution in [3.05, 3.63) is 53.1 Å². The van der Waals surface area contributed by atoms with E-state index in [4.69, 9.17) is 5.84 Å². The van der Waals surface area contributed by atoms with E-state index in [2.05, 4.69) is 71.0 Å². The third kappa shape index (κ3) is 11.3. The van der Waals surface area contributed by atoms with E-state index in [1.807, 2.05) is 32.7 Å². The molecule has 2 aromatic carbocycles. The van der Waals surface area contributed by atoms with Crippen LogP contribution in [0, 0.1) is 13.8 Å². The summed E-state index contributed by atoms with van der Waals surface area (Å²) in [5.41, 5.74) is 7.82. The van der Waals surface area contributed by atoms with Gasteiger partial charge in [-0.2, -0.15) is 0 Å². The first kappa shape index (κ1) is 31.2. The second kappa shape index (κ2) is 18.6. The summed E-state index contributed by atoms with van der Waals surface area (Å²) in [6.07, 6.45) is 10.6. The van der Waals surface area contributed by atoms with E-state index in [1.54, 1.807) is 0 Å². The highest BCUT2D eigenvalue weighted by molar-refractivity contribution is 5.73. The molecule has 0 fully saturated rings. The van der Waals surface area contributed by atoms with Crippen molar-refractivity contribution in [2.45, 2.75) is 120 Å². The predicted octanol–water partition coefficient (Wildman–Crippen LogP) is 9.97. The lowest BCUT2D eigenvalue weighted by molar-refractivity contribution is 0.572. The highest BCUT2D eigenvalue weighted by Gasteiger charge is 2.12. The van der Waals surface area contributed by atoms with Crippen molar-refractivity contribution in [2.24, 2.45) is 5.84 Å². The molecule has 2 heteroatoms. The van der Waals surface area contributed by atoms with Gasteiger partial charge in [-0.3, -0.25) is 0 Å². The Morgan fingerprint density at radius 3 is 1.82 bits per heavy atom. The van der Waals surface area contributed by atoms with Gasteiger partial charge in [0, 0.05) is 6.54 Å². The fourth-order valence-corrected chi connectivity index (χ4v) is 4.08. The molecule has 2 N–H and O–H groups in total. The number of nitrogens with two attached hydrogens (primary N) is 1. The van der Waals surface area contributed by atoms with Crippen molar-refractivity contribution in [3.8, 4) is 11.1 Å². The van der Waals surface area contributed by atoms with Crippen LogP contribution in [-0.4, -0.2) is 6.54 Å². The van der Waals surface area contributed by atoms with Gasteiger partial charge in [-0.1, -0.05) is 123 Å². The van der Waals surface area contributed by atoms with Crippen LogP contribution < -0.4 is 10.9 Å². The first-order valence-electron chi connectivity index (χ1n) is 13.7. The lowest BCUT2D eigenvalue weighted by atomic mass is 9.89.